The highest BCUT2D eigenvalue weighted by atomic mass is 16.3. The number of carbonyl (C=O) groups excluding carboxylic acids is 1. The van der Waals surface area contributed by atoms with Gasteiger partial charge >= 0.3 is 0 Å². The van der Waals surface area contributed by atoms with Gasteiger partial charge in [-0.2, -0.15) is 0 Å². The van der Waals surface area contributed by atoms with Crippen molar-refractivity contribution < 1.29 is 9.21 Å². The highest BCUT2D eigenvalue weighted by Gasteiger charge is 2.18. The van der Waals surface area contributed by atoms with Gasteiger partial charge in [0.25, 0.3) is 0 Å². The fourth-order valence-corrected chi connectivity index (χ4v) is 2.03. The van der Waals surface area contributed by atoms with Crippen molar-refractivity contribution in [3.8, 4) is 0 Å². The monoisotopic (exact) mass is 251 g/mol. The Bertz CT molecular complexity index is 356. The third-order valence-electron chi connectivity index (χ3n) is 3.26. The normalized spacial score (nSPS) is 17.1. The van der Waals surface area contributed by atoms with Crippen molar-refractivity contribution in [2.45, 2.75) is 6.42 Å². The Morgan fingerprint density at radius 1 is 1.39 bits per heavy atom. The van der Waals surface area contributed by atoms with E-state index in [-0.39, 0.29) is 5.91 Å². The van der Waals surface area contributed by atoms with Crippen molar-refractivity contribution in [3.63, 3.8) is 0 Å². The van der Waals surface area contributed by atoms with E-state index in [9.17, 15) is 4.79 Å². The molecular formula is C13H21N3O2. The van der Waals surface area contributed by atoms with Crippen LogP contribution in [0.4, 0.5) is 0 Å². The number of hydrogen-bond donors (Lipinski definition) is 1. The quantitative estimate of drug-likeness (QED) is 0.759. The Kier molecular flexibility index (Phi) is 4.78. The fraction of sp³-hybridized carbons (Fsp3) is 0.615. The van der Waals surface area contributed by atoms with Crippen molar-refractivity contribution in [1.29, 1.82) is 0 Å². The van der Waals surface area contributed by atoms with Crippen LogP contribution in [0, 0.1) is 0 Å². The number of carbonyl (C=O) groups is 1. The summed E-state index contributed by atoms with van der Waals surface area (Å²) in [6, 6.07) is 3.83. The standard InChI is InChI=1S/C13H21N3O2/c1-15-6-8-16(9-7-15)13(17)11-14-5-4-12-3-2-10-18-12/h2-3,10,14H,4-9,11H2,1H3. The summed E-state index contributed by atoms with van der Waals surface area (Å²) in [6.07, 6.45) is 2.49. The highest BCUT2D eigenvalue weighted by molar-refractivity contribution is 5.78. The summed E-state index contributed by atoms with van der Waals surface area (Å²) in [4.78, 5) is 16.1. The van der Waals surface area contributed by atoms with Crippen LogP contribution < -0.4 is 5.32 Å². The van der Waals surface area contributed by atoms with Gasteiger partial charge in [-0.1, -0.05) is 0 Å². The molecule has 2 rings (SSSR count). The topological polar surface area (TPSA) is 48.7 Å². The van der Waals surface area contributed by atoms with Crippen LogP contribution in [0.15, 0.2) is 22.8 Å². The molecule has 1 aromatic rings. The Morgan fingerprint density at radius 2 is 2.17 bits per heavy atom. The molecule has 100 valence electrons. The molecule has 1 aliphatic rings. The van der Waals surface area contributed by atoms with Crippen LogP contribution in [-0.4, -0.2) is 62.0 Å². The Labute approximate surface area is 108 Å². The average Bonchev–Trinajstić information content (AvgIpc) is 2.88. The first kappa shape index (κ1) is 13.1. The van der Waals surface area contributed by atoms with Crippen molar-refractivity contribution in [2.75, 3.05) is 46.3 Å². The number of nitrogens with one attached hydrogen (secondary N) is 1. The number of piperazine rings is 1. The molecule has 1 amide bonds. The van der Waals surface area contributed by atoms with Gasteiger partial charge in [0.1, 0.15) is 5.76 Å². The Morgan fingerprint density at radius 3 is 2.83 bits per heavy atom. The van der Waals surface area contributed by atoms with E-state index in [2.05, 4.69) is 17.3 Å². The lowest BCUT2D eigenvalue weighted by molar-refractivity contribution is -0.131. The van der Waals surface area contributed by atoms with Crippen molar-refractivity contribution in [1.82, 2.24) is 15.1 Å². The molecule has 1 saturated heterocycles. The molecule has 5 heteroatoms. The van der Waals surface area contributed by atoms with Gasteiger partial charge in [0.05, 0.1) is 12.8 Å². The molecule has 0 radical (unpaired) electrons. The predicted octanol–water partition coefficient (Wildman–Crippen LogP) is 0.186. The third kappa shape index (κ3) is 3.85. The SMILES string of the molecule is CN1CCN(C(=O)CNCCc2ccco2)CC1. The van der Waals surface area contributed by atoms with Gasteiger partial charge in [-0.05, 0) is 19.2 Å². The number of rotatable bonds is 5. The number of likely N-dealkylation sites (N-methyl/N-ethyl adjacent to an activating group) is 1. The summed E-state index contributed by atoms with van der Waals surface area (Å²) in [5.74, 6) is 1.15. The Balaban J connectivity index is 1.60. The molecule has 0 bridgehead atoms. The van der Waals surface area contributed by atoms with E-state index >= 15 is 0 Å². The van der Waals surface area contributed by atoms with Crippen molar-refractivity contribution in [2.24, 2.45) is 0 Å². The second-order valence-electron chi connectivity index (χ2n) is 4.69. The van der Waals surface area contributed by atoms with E-state index in [1.807, 2.05) is 17.0 Å². The molecule has 2 heterocycles. The van der Waals surface area contributed by atoms with Gasteiger partial charge in [0.15, 0.2) is 0 Å². The van der Waals surface area contributed by atoms with Crippen LogP contribution in [-0.2, 0) is 11.2 Å². The Hall–Kier alpha value is -1.33. The van der Waals surface area contributed by atoms with Gasteiger partial charge in [0, 0.05) is 39.1 Å². The second-order valence-corrected chi connectivity index (χ2v) is 4.69. The molecule has 0 atom stereocenters. The van der Waals surface area contributed by atoms with Gasteiger partial charge in [0.2, 0.25) is 5.91 Å². The molecule has 1 fully saturated rings. The van der Waals surface area contributed by atoms with Gasteiger partial charge in [-0.25, -0.2) is 0 Å². The van der Waals surface area contributed by atoms with E-state index in [4.69, 9.17) is 4.42 Å². The first-order chi connectivity index (χ1) is 8.75. The number of furan rings is 1. The van der Waals surface area contributed by atoms with E-state index in [0.717, 1.165) is 44.9 Å². The summed E-state index contributed by atoms with van der Waals surface area (Å²) >= 11 is 0. The highest BCUT2D eigenvalue weighted by Crippen LogP contribution is 2.00. The third-order valence-corrected chi connectivity index (χ3v) is 3.26. The van der Waals surface area contributed by atoms with Crippen molar-refractivity contribution in [3.05, 3.63) is 24.2 Å². The molecule has 1 N–H and O–H groups in total. The largest absolute Gasteiger partial charge is 0.469 e. The zero-order chi connectivity index (χ0) is 12.8. The summed E-state index contributed by atoms with van der Waals surface area (Å²) < 4.78 is 5.23. The first-order valence-electron chi connectivity index (χ1n) is 6.45. The van der Waals surface area contributed by atoms with Gasteiger partial charge in [-0.15, -0.1) is 0 Å². The van der Waals surface area contributed by atoms with Crippen molar-refractivity contribution >= 4 is 5.91 Å². The van der Waals surface area contributed by atoms with E-state index < -0.39 is 0 Å². The van der Waals surface area contributed by atoms with Gasteiger partial charge < -0.3 is 19.5 Å². The lowest BCUT2D eigenvalue weighted by Crippen LogP contribution is -2.49. The summed E-state index contributed by atoms with van der Waals surface area (Å²) in [5, 5.41) is 3.17. The molecule has 0 aliphatic carbocycles. The molecule has 0 unspecified atom stereocenters. The van der Waals surface area contributed by atoms with E-state index in [0.29, 0.717) is 6.54 Å². The minimum absolute atomic E-state index is 0.197. The zero-order valence-corrected chi connectivity index (χ0v) is 10.9. The van der Waals surface area contributed by atoms with Crippen LogP contribution in [0.3, 0.4) is 0 Å². The van der Waals surface area contributed by atoms with Gasteiger partial charge in [-0.3, -0.25) is 4.79 Å². The molecule has 0 saturated carbocycles. The van der Waals surface area contributed by atoms with Crippen LogP contribution in [0.2, 0.25) is 0 Å². The zero-order valence-electron chi connectivity index (χ0n) is 10.9. The maximum atomic E-state index is 11.9. The molecule has 5 nitrogen and oxygen atoms in total. The van der Waals surface area contributed by atoms with Crippen LogP contribution in [0.5, 0.6) is 0 Å². The average molecular weight is 251 g/mol. The maximum Gasteiger partial charge on any atom is 0.236 e. The number of nitrogens with zero attached hydrogens (tertiary/aromatic N) is 2. The molecule has 0 spiro atoms. The number of hydrogen-bond acceptors (Lipinski definition) is 4. The van der Waals surface area contributed by atoms with Crippen LogP contribution >= 0.6 is 0 Å². The molecule has 18 heavy (non-hydrogen) atoms. The lowest BCUT2D eigenvalue weighted by Gasteiger charge is -2.32. The van der Waals surface area contributed by atoms with Crippen LogP contribution in [0.25, 0.3) is 0 Å². The summed E-state index contributed by atoms with van der Waals surface area (Å²) in [7, 11) is 2.09. The first-order valence-corrected chi connectivity index (χ1v) is 6.45. The number of amides is 1. The summed E-state index contributed by atoms with van der Waals surface area (Å²) in [5.41, 5.74) is 0. The minimum atomic E-state index is 0.197. The minimum Gasteiger partial charge on any atom is -0.469 e. The summed E-state index contributed by atoms with van der Waals surface area (Å²) in [6.45, 7) is 4.82. The molecule has 0 aromatic carbocycles. The van der Waals surface area contributed by atoms with E-state index in [1.165, 1.54) is 0 Å². The lowest BCUT2D eigenvalue weighted by atomic mass is 10.3. The molecular weight excluding hydrogens is 230 g/mol. The molecule has 1 aromatic heterocycles. The predicted molar refractivity (Wildman–Crippen MR) is 69.4 cm³/mol. The fourth-order valence-electron chi connectivity index (χ4n) is 2.03. The maximum absolute atomic E-state index is 11.9. The molecule has 1 aliphatic heterocycles. The second kappa shape index (κ2) is 6.56. The van der Waals surface area contributed by atoms with Crippen LogP contribution in [0.1, 0.15) is 5.76 Å². The smallest absolute Gasteiger partial charge is 0.236 e. The van der Waals surface area contributed by atoms with E-state index in [1.54, 1.807) is 6.26 Å².